The minimum Gasteiger partial charge on any atom is -0.331 e. The van der Waals surface area contributed by atoms with E-state index in [2.05, 4.69) is 4.98 Å². The first-order valence-electron chi connectivity index (χ1n) is 5.29. The van der Waals surface area contributed by atoms with Crippen molar-refractivity contribution in [3.63, 3.8) is 0 Å². The van der Waals surface area contributed by atoms with Crippen LogP contribution in [-0.4, -0.2) is 9.55 Å². The number of imidazole rings is 1. The molecule has 1 aliphatic carbocycles. The first-order chi connectivity index (χ1) is 7.16. The maximum Gasteiger partial charge on any atom is 0.128 e. The first-order valence-corrected chi connectivity index (χ1v) is 5.29. The lowest BCUT2D eigenvalue weighted by molar-refractivity contribution is 0.619. The molecule has 3 heteroatoms. The fourth-order valence-electron chi connectivity index (χ4n) is 2.04. The van der Waals surface area contributed by atoms with Crippen molar-refractivity contribution in [1.82, 2.24) is 9.55 Å². The van der Waals surface area contributed by atoms with Crippen LogP contribution in [0.2, 0.25) is 0 Å². The number of aromatic nitrogens is 2. The van der Waals surface area contributed by atoms with E-state index in [4.69, 9.17) is 0 Å². The van der Waals surface area contributed by atoms with E-state index < -0.39 is 0 Å². The fourth-order valence-corrected chi connectivity index (χ4v) is 2.04. The summed E-state index contributed by atoms with van der Waals surface area (Å²) >= 11 is 0. The van der Waals surface area contributed by atoms with Gasteiger partial charge in [0.1, 0.15) is 11.6 Å². The van der Waals surface area contributed by atoms with E-state index in [1.54, 1.807) is 13.0 Å². The van der Waals surface area contributed by atoms with E-state index in [-0.39, 0.29) is 5.82 Å². The Morgan fingerprint density at radius 1 is 1.40 bits per heavy atom. The summed E-state index contributed by atoms with van der Waals surface area (Å²) < 4.78 is 15.4. The number of hydrogen-bond acceptors (Lipinski definition) is 1. The second-order valence-electron chi connectivity index (χ2n) is 4.39. The van der Waals surface area contributed by atoms with Crippen molar-refractivity contribution in [2.75, 3.05) is 0 Å². The van der Waals surface area contributed by atoms with Crippen LogP contribution in [0.4, 0.5) is 4.39 Å². The summed E-state index contributed by atoms with van der Waals surface area (Å²) in [5.74, 6) is 1.56. The van der Waals surface area contributed by atoms with Gasteiger partial charge in [-0.25, -0.2) is 9.37 Å². The van der Waals surface area contributed by atoms with Crippen LogP contribution in [0.1, 0.15) is 30.1 Å². The predicted octanol–water partition coefficient (Wildman–Crippen LogP) is 2.90. The van der Waals surface area contributed by atoms with Gasteiger partial charge in [-0.3, -0.25) is 0 Å². The van der Waals surface area contributed by atoms with Gasteiger partial charge in [-0.1, -0.05) is 0 Å². The summed E-state index contributed by atoms with van der Waals surface area (Å²) in [6, 6.07) is 3.42. The Labute approximate surface area is 87.7 Å². The lowest BCUT2D eigenvalue weighted by Gasteiger charge is -2.00. The van der Waals surface area contributed by atoms with Crippen LogP contribution in [0.25, 0.3) is 11.0 Å². The fraction of sp³-hybridized carbons (Fsp3) is 0.417. The molecule has 0 amide bonds. The molecule has 2 aromatic rings. The molecular formula is C12H13FN2. The van der Waals surface area contributed by atoms with Gasteiger partial charge in [0.05, 0.1) is 11.0 Å². The van der Waals surface area contributed by atoms with E-state index in [0.29, 0.717) is 11.5 Å². The van der Waals surface area contributed by atoms with Crippen LogP contribution in [-0.2, 0) is 7.05 Å². The average molecular weight is 204 g/mol. The largest absolute Gasteiger partial charge is 0.331 e. The van der Waals surface area contributed by atoms with E-state index in [0.717, 1.165) is 16.9 Å². The highest BCUT2D eigenvalue weighted by Gasteiger charge is 2.28. The van der Waals surface area contributed by atoms with Crippen molar-refractivity contribution in [3.05, 3.63) is 29.3 Å². The normalized spacial score (nSPS) is 16.2. The Balaban J connectivity index is 2.30. The molecule has 1 aliphatic rings. The molecule has 1 aromatic heterocycles. The van der Waals surface area contributed by atoms with Gasteiger partial charge in [0.25, 0.3) is 0 Å². The molecule has 0 unspecified atom stereocenters. The molecule has 0 bridgehead atoms. The molecule has 1 saturated carbocycles. The zero-order valence-electron chi connectivity index (χ0n) is 8.92. The molecule has 78 valence electrons. The maximum atomic E-state index is 13.4. The van der Waals surface area contributed by atoms with Crippen LogP contribution in [0, 0.1) is 12.7 Å². The number of benzene rings is 1. The minimum absolute atomic E-state index is 0.146. The number of rotatable bonds is 1. The molecule has 1 aromatic carbocycles. The highest BCUT2D eigenvalue weighted by Crippen LogP contribution is 2.40. The number of aryl methyl sites for hydroxylation is 2. The highest BCUT2D eigenvalue weighted by molar-refractivity contribution is 5.77. The van der Waals surface area contributed by atoms with E-state index in [9.17, 15) is 4.39 Å². The molecule has 0 radical (unpaired) electrons. The topological polar surface area (TPSA) is 17.8 Å². The molecule has 1 fully saturated rings. The lowest BCUT2D eigenvalue weighted by Crippen LogP contribution is -1.95. The summed E-state index contributed by atoms with van der Waals surface area (Å²) in [7, 11) is 1.97. The third-order valence-corrected chi connectivity index (χ3v) is 3.14. The van der Waals surface area contributed by atoms with Gasteiger partial charge >= 0.3 is 0 Å². The van der Waals surface area contributed by atoms with Gasteiger partial charge in [0, 0.05) is 19.0 Å². The van der Waals surface area contributed by atoms with Crippen LogP contribution < -0.4 is 0 Å². The smallest absolute Gasteiger partial charge is 0.128 e. The number of halogens is 1. The van der Waals surface area contributed by atoms with Crippen molar-refractivity contribution < 1.29 is 4.39 Å². The molecule has 0 N–H and O–H groups in total. The third-order valence-electron chi connectivity index (χ3n) is 3.14. The van der Waals surface area contributed by atoms with Gasteiger partial charge in [0.2, 0.25) is 0 Å². The second kappa shape index (κ2) is 2.81. The number of nitrogens with zero attached hydrogens (tertiary/aromatic N) is 2. The van der Waals surface area contributed by atoms with Crippen LogP contribution in [0.3, 0.4) is 0 Å². The van der Waals surface area contributed by atoms with E-state index in [1.807, 2.05) is 17.7 Å². The second-order valence-corrected chi connectivity index (χ2v) is 4.39. The summed E-state index contributed by atoms with van der Waals surface area (Å²) in [5, 5.41) is 0. The standard InChI is InChI=1S/C12H13FN2/c1-7-5-10-11(6-9(7)13)15(2)12(14-10)8-3-4-8/h5-6,8H,3-4H2,1-2H3. The van der Waals surface area contributed by atoms with E-state index in [1.165, 1.54) is 12.8 Å². The maximum absolute atomic E-state index is 13.4. The van der Waals surface area contributed by atoms with Crippen molar-refractivity contribution in [2.24, 2.45) is 7.05 Å². The molecule has 0 saturated heterocycles. The summed E-state index contributed by atoms with van der Waals surface area (Å²) in [4.78, 5) is 4.57. The highest BCUT2D eigenvalue weighted by atomic mass is 19.1. The Morgan fingerprint density at radius 2 is 2.13 bits per heavy atom. The van der Waals surface area contributed by atoms with Gasteiger partial charge in [0.15, 0.2) is 0 Å². The monoisotopic (exact) mass is 204 g/mol. The Morgan fingerprint density at radius 3 is 2.80 bits per heavy atom. The summed E-state index contributed by atoms with van der Waals surface area (Å²) in [5.41, 5.74) is 2.49. The molecule has 0 aliphatic heterocycles. The van der Waals surface area contributed by atoms with Crippen molar-refractivity contribution >= 4 is 11.0 Å². The van der Waals surface area contributed by atoms with Gasteiger partial charge in [-0.05, 0) is 31.4 Å². The van der Waals surface area contributed by atoms with E-state index >= 15 is 0 Å². The zero-order valence-corrected chi connectivity index (χ0v) is 8.92. The first kappa shape index (κ1) is 8.89. The van der Waals surface area contributed by atoms with Crippen LogP contribution in [0.15, 0.2) is 12.1 Å². The lowest BCUT2D eigenvalue weighted by atomic mass is 10.2. The van der Waals surface area contributed by atoms with Crippen molar-refractivity contribution in [2.45, 2.75) is 25.7 Å². The van der Waals surface area contributed by atoms with Gasteiger partial charge in [-0.15, -0.1) is 0 Å². The zero-order chi connectivity index (χ0) is 10.6. The summed E-state index contributed by atoms with van der Waals surface area (Å²) in [6.07, 6.45) is 2.44. The predicted molar refractivity (Wildman–Crippen MR) is 57.4 cm³/mol. The van der Waals surface area contributed by atoms with Crippen LogP contribution >= 0.6 is 0 Å². The Hall–Kier alpha value is -1.38. The Kier molecular flexibility index (Phi) is 1.67. The van der Waals surface area contributed by atoms with Crippen molar-refractivity contribution in [1.29, 1.82) is 0 Å². The third kappa shape index (κ3) is 1.26. The molecule has 0 atom stereocenters. The quantitative estimate of drug-likeness (QED) is 0.698. The SMILES string of the molecule is Cc1cc2nc(C3CC3)n(C)c2cc1F. The molecule has 15 heavy (non-hydrogen) atoms. The average Bonchev–Trinajstić information content (AvgIpc) is 2.98. The van der Waals surface area contributed by atoms with Crippen molar-refractivity contribution in [3.8, 4) is 0 Å². The molecule has 2 nitrogen and oxygen atoms in total. The van der Waals surface area contributed by atoms with Gasteiger partial charge in [-0.2, -0.15) is 0 Å². The van der Waals surface area contributed by atoms with Gasteiger partial charge < -0.3 is 4.57 Å². The molecule has 3 rings (SSSR count). The molecular weight excluding hydrogens is 191 g/mol. The molecule has 0 spiro atoms. The Bertz CT molecular complexity index is 538. The minimum atomic E-state index is -0.146. The van der Waals surface area contributed by atoms with Crippen LogP contribution in [0.5, 0.6) is 0 Å². The number of fused-ring (bicyclic) bond motifs is 1. The summed E-state index contributed by atoms with van der Waals surface area (Å²) in [6.45, 7) is 1.78. The number of hydrogen-bond donors (Lipinski definition) is 0. The molecule has 1 heterocycles.